The van der Waals surface area contributed by atoms with E-state index < -0.39 is 0 Å². The highest BCUT2D eigenvalue weighted by atomic mass is 32.1. The minimum Gasteiger partial charge on any atom is -0.388 e. The van der Waals surface area contributed by atoms with Gasteiger partial charge in [-0.05, 0) is 43.7 Å². The van der Waals surface area contributed by atoms with Crippen LogP contribution in [0.2, 0.25) is 0 Å². The molecule has 1 saturated carbocycles. The monoisotopic (exact) mass is 263 g/mol. The van der Waals surface area contributed by atoms with Crippen LogP contribution in [0.25, 0.3) is 0 Å². The Morgan fingerprint density at radius 2 is 2.17 bits per heavy atom. The molecule has 1 heterocycles. The highest BCUT2D eigenvalue weighted by molar-refractivity contribution is 7.80. The zero-order valence-corrected chi connectivity index (χ0v) is 11.7. The van der Waals surface area contributed by atoms with E-state index in [0.717, 1.165) is 11.6 Å². The third kappa shape index (κ3) is 3.42. The lowest BCUT2D eigenvalue weighted by Crippen LogP contribution is -2.26. The van der Waals surface area contributed by atoms with Gasteiger partial charge in [0, 0.05) is 17.9 Å². The second-order valence-electron chi connectivity index (χ2n) is 5.06. The Kier molecular flexibility index (Phi) is 4.53. The second-order valence-corrected chi connectivity index (χ2v) is 5.50. The van der Waals surface area contributed by atoms with E-state index in [4.69, 9.17) is 18.0 Å². The molecule has 0 radical (unpaired) electrons. The van der Waals surface area contributed by atoms with Gasteiger partial charge in [-0.1, -0.05) is 25.6 Å². The average molecular weight is 263 g/mol. The second kappa shape index (κ2) is 6.14. The van der Waals surface area contributed by atoms with E-state index >= 15 is 0 Å². The summed E-state index contributed by atoms with van der Waals surface area (Å²) in [7, 11) is 0. The third-order valence-corrected chi connectivity index (χ3v) is 4.02. The molecule has 1 aliphatic carbocycles. The number of rotatable bonds is 4. The predicted octanol–water partition coefficient (Wildman–Crippen LogP) is 3.10. The number of nitrogens with zero attached hydrogens (tertiary/aromatic N) is 1. The average Bonchev–Trinajstić information content (AvgIpc) is 2.40. The Morgan fingerprint density at radius 1 is 1.44 bits per heavy atom. The topological polar surface area (TPSA) is 50.9 Å². The van der Waals surface area contributed by atoms with E-state index in [2.05, 4.69) is 17.2 Å². The zero-order chi connectivity index (χ0) is 13.0. The standard InChI is InChI=1S/C14H21N3S/c1-2-10-3-5-11(6-4-10)17-12-7-8-16-13(9-12)14(15)18/h7-11H,2-6H2,1H3,(H2,15,18)(H,16,17). The number of hydrogen-bond acceptors (Lipinski definition) is 3. The minimum atomic E-state index is 0.355. The van der Waals surface area contributed by atoms with Gasteiger partial charge in [0.05, 0.1) is 5.69 Å². The van der Waals surface area contributed by atoms with Crippen LogP contribution in [-0.2, 0) is 0 Å². The zero-order valence-electron chi connectivity index (χ0n) is 10.9. The molecule has 0 unspecified atom stereocenters. The summed E-state index contributed by atoms with van der Waals surface area (Å²) in [6.45, 7) is 2.29. The molecule has 0 aliphatic heterocycles. The summed E-state index contributed by atoms with van der Waals surface area (Å²) in [5, 5.41) is 3.57. The minimum absolute atomic E-state index is 0.355. The van der Waals surface area contributed by atoms with Crippen molar-refractivity contribution in [3.8, 4) is 0 Å². The van der Waals surface area contributed by atoms with Crippen molar-refractivity contribution < 1.29 is 0 Å². The summed E-state index contributed by atoms with van der Waals surface area (Å²) < 4.78 is 0. The van der Waals surface area contributed by atoms with Crippen molar-refractivity contribution in [1.82, 2.24) is 4.98 Å². The number of anilines is 1. The quantitative estimate of drug-likeness (QED) is 0.820. The van der Waals surface area contributed by atoms with Crippen molar-refractivity contribution in [3.05, 3.63) is 24.0 Å². The smallest absolute Gasteiger partial charge is 0.122 e. The molecule has 0 aromatic carbocycles. The van der Waals surface area contributed by atoms with E-state index in [9.17, 15) is 0 Å². The number of nitrogens with two attached hydrogens (primary N) is 1. The van der Waals surface area contributed by atoms with Gasteiger partial charge in [0.1, 0.15) is 4.99 Å². The molecule has 0 spiro atoms. The number of hydrogen-bond donors (Lipinski definition) is 2. The van der Waals surface area contributed by atoms with Crippen molar-refractivity contribution in [2.45, 2.75) is 45.1 Å². The molecular formula is C14H21N3S. The van der Waals surface area contributed by atoms with Gasteiger partial charge in [-0.3, -0.25) is 4.98 Å². The summed E-state index contributed by atoms with van der Waals surface area (Å²) in [5.74, 6) is 0.924. The number of thiocarbonyl (C=S) groups is 1. The van der Waals surface area contributed by atoms with Gasteiger partial charge in [0.15, 0.2) is 0 Å². The van der Waals surface area contributed by atoms with Crippen LogP contribution in [0.1, 0.15) is 44.7 Å². The lowest BCUT2D eigenvalue weighted by atomic mass is 9.84. The predicted molar refractivity (Wildman–Crippen MR) is 79.8 cm³/mol. The maximum atomic E-state index is 5.59. The van der Waals surface area contributed by atoms with E-state index in [1.165, 1.54) is 32.1 Å². The van der Waals surface area contributed by atoms with Gasteiger partial charge in [0.2, 0.25) is 0 Å². The van der Waals surface area contributed by atoms with Gasteiger partial charge in [-0.15, -0.1) is 0 Å². The van der Waals surface area contributed by atoms with Crippen molar-refractivity contribution in [3.63, 3.8) is 0 Å². The molecule has 0 saturated heterocycles. The number of aromatic nitrogens is 1. The third-order valence-electron chi connectivity index (χ3n) is 3.81. The van der Waals surface area contributed by atoms with Crippen LogP contribution in [0.3, 0.4) is 0 Å². The largest absolute Gasteiger partial charge is 0.388 e. The van der Waals surface area contributed by atoms with Gasteiger partial charge in [-0.25, -0.2) is 0 Å². The SMILES string of the molecule is CCC1CCC(Nc2ccnc(C(N)=S)c2)CC1. The Labute approximate surface area is 114 Å². The van der Waals surface area contributed by atoms with Gasteiger partial charge < -0.3 is 11.1 Å². The highest BCUT2D eigenvalue weighted by Gasteiger charge is 2.19. The molecule has 2 rings (SSSR count). The van der Waals surface area contributed by atoms with Crippen LogP contribution in [0, 0.1) is 5.92 Å². The maximum absolute atomic E-state index is 5.59. The lowest BCUT2D eigenvalue weighted by molar-refractivity contribution is 0.330. The van der Waals surface area contributed by atoms with E-state index in [1.807, 2.05) is 12.1 Å². The fourth-order valence-corrected chi connectivity index (χ4v) is 2.72. The molecule has 1 fully saturated rings. The van der Waals surface area contributed by atoms with E-state index in [1.54, 1.807) is 6.20 Å². The van der Waals surface area contributed by atoms with Crippen molar-refractivity contribution in [2.75, 3.05) is 5.32 Å². The Morgan fingerprint density at radius 3 is 2.78 bits per heavy atom. The molecule has 18 heavy (non-hydrogen) atoms. The van der Waals surface area contributed by atoms with Gasteiger partial charge in [-0.2, -0.15) is 0 Å². The number of pyridine rings is 1. The van der Waals surface area contributed by atoms with Crippen LogP contribution >= 0.6 is 12.2 Å². The molecule has 98 valence electrons. The molecule has 0 atom stereocenters. The maximum Gasteiger partial charge on any atom is 0.122 e. The van der Waals surface area contributed by atoms with Crippen LogP contribution in [0.4, 0.5) is 5.69 Å². The van der Waals surface area contributed by atoms with Gasteiger partial charge >= 0.3 is 0 Å². The van der Waals surface area contributed by atoms with Gasteiger partial charge in [0.25, 0.3) is 0 Å². The first-order valence-electron chi connectivity index (χ1n) is 6.71. The van der Waals surface area contributed by atoms with E-state index in [-0.39, 0.29) is 0 Å². The Balaban J connectivity index is 1.94. The molecule has 1 aliphatic rings. The fraction of sp³-hybridized carbons (Fsp3) is 0.571. The van der Waals surface area contributed by atoms with E-state index in [0.29, 0.717) is 16.7 Å². The Hall–Kier alpha value is -1.16. The normalized spacial score (nSPS) is 23.6. The van der Waals surface area contributed by atoms with Crippen molar-refractivity contribution in [1.29, 1.82) is 0 Å². The van der Waals surface area contributed by atoms with Crippen LogP contribution in [-0.4, -0.2) is 16.0 Å². The molecule has 0 amide bonds. The fourth-order valence-electron chi connectivity index (χ4n) is 2.61. The van der Waals surface area contributed by atoms with Crippen LogP contribution in [0.5, 0.6) is 0 Å². The first-order chi connectivity index (χ1) is 8.69. The number of nitrogens with one attached hydrogen (secondary N) is 1. The molecular weight excluding hydrogens is 242 g/mol. The van der Waals surface area contributed by atoms with Crippen molar-refractivity contribution >= 4 is 22.9 Å². The summed E-state index contributed by atoms with van der Waals surface area (Å²) in [6, 6.07) is 4.50. The Bertz CT molecular complexity index is 411. The highest BCUT2D eigenvalue weighted by Crippen LogP contribution is 2.28. The lowest BCUT2D eigenvalue weighted by Gasteiger charge is -2.29. The molecule has 3 N–H and O–H groups in total. The molecule has 1 aromatic rings. The summed E-state index contributed by atoms with van der Waals surface area (Å²) in [4.78, 5) is 4.51. The van der Waals surface area contributed by atoms with Crippen LogP contribution < -0.4 is 11.1 Å². The molecule has 1 aromatic heterocycles. The summed E-state index contributed by atoms with van der Waals surface area (Å²) in [5.41, 5.74) is 7.36. The van der Waals surface area contributed by atoms with Crippen molar-refractivity contribution in [2.24, 2.45) is 11.7 Å². The summed E-state index contributed by atoms with van der Waals surface area (Å²) >= 11 is 4.94. The van der Waals surface area contributed by atoms with Crippen LogP contribution in [0.15, 0.2) is 18.3 Å². The first-order valence-corrected chi connectivity index (χ1v) is 7.12. The first kappa shape index (κ1) is 13.3. The molecule has 4 heteroatoms. The molecule has 0 bridgehead atoms. The summed E-state index contributed by atoms with van der Waals surface area (Å²) in [6.07, 6.45) is 8.25. The molecule has 3 nitrogen and oxygen atoms in total.